The van der Waals surface area contributed by atoms with Crippen molar-refractivity contribution in [2.24, 2.45) is 0 Å². The summed E-state index contributed by atoms with van der Waals surface area (Å²) < 4.78 is 38.3. The van der Waals surface area contributed by atoms with Gasteiger partial charge in [-0.25, -0.2) is 14.0 Å². The zero-order chi connectivity index (χ0) is 29.4. The minimum absolute atomic E-state index is 0.307. The Labute approximate surface area is 236 Å². The number of fused-ring (bicyclic) bond motifs is 2. The van der Waals surface area contributed by atoms with Gasteiger partial charge in [0, 0.05) is 24.2 Å². The number of ether oxygens (including phenoxy) is 4. The second-order valence-electron chi connectivity index (χ2n) is 11.7. The lowest BCUT2D eigenvalue weighted by Crippen LogP contribution is -2.29. The summed E-state index contributed by atoms with van der Waals surface area (Å²) >= 11 is 0. The van der Waals surface area contributed by atoms with Crippen molar-refractivity contribution in [3.8, 4) is 16.9 Å². The molecule has 0 N–H and O–H groups in total. The Hall–Kier alpha value is -3.13. The fourth-order valence-electron chi connectivity index (χ4n) is 5.82. The van der Waals surface area contributed by atoms with E-state index < -0.39 is 23.5 Å². The Morgan fingerprint density at radius 3 is 2.38 bits per heavy atom. The van der Waals surface area contributed by atoms with Gasteiger partial charge in [0.05, 0.1) is 25.9 Å². The first-order chi connectivity index (χ1) is 18.9. The maximum absolute atomic E-state index is 15.5. The number of amides is 1. The van der Waals surface area contributed by atoms with Crippen LogP contribution in [0.2, 0.25) is 0 Å². The van der Waals surface area contributed by atoms with Crippen LogP contribution in [0.4, 0.5) is 9.18 Å². The Balaban J connectivity index is 1.96. The van der Waals surface area contributed by atoms with Crippen molar-refractivity contribution in [2.75, 3.05) is 20.3 Å². The number of rotatable bonds is 7. The van der Waals surface area contributed by atoms with E-state index in [9.17, 15) is 9.59 Å². The van der Waals surface area contributed by atoms with Crippen LogP contribution in [0.3, 0.4) is 0 Å². The molecule has 0 radical (unpaired) electrons. The molecule has 0 saturated heterocycles. The molecule has 2 aliphatic rings. The minimum Gasteiger partial charge on any atom is -0.490 e. The van der Waals surface area contributed by atoms with E-state index in [1.807, 2.05) is 48.5 Å². The first-order valence-electron chi connectivity index (χ1n) is 14.2. The molecule has 2 heterocycles. The van der Waals surface area contributed by atoms with Gasteiger partial charge in [-0.2, -0.15) is 0 Å². The predicted octanol–water partition coefficient (Wildman–Crippen LogP) is 7.02. The van der Waals surface area contributed by atoms with E-state index in [2.05, 4.69) is 0 Å². The number of nitrogens with zero attached hydrogens (tertiary/aromatic N) is 1. The SMILES string of the molecule is CCCCOC(=O)N1Cc2c(C)c(-c3cc(F)c4c(c3C)CCCO4)c([C@H](OC(C)(C)C)C(=O)OC)c(C)c2C1. The third-order valence-corrected chi connectivity index (χ3v) is 7.85. The quantitative estimate of drug-likeness (QED) is 0.270. The summed E-state index contributed by atoms with van der Waals surface area (Å²) in [6, 6.07) is 1.51. The van der Waals surface area contributed by atoms with E-state index in [4.69, 9.17) is 18.9 Å². The molecule has 40 heavy (non-hydrogen) atoms. The monoisotopic (exact) mass is 555 g/mol. The summed E-state index contributed by atoms with van der Waals surface area (Å²) in [5.74, 6) is -0.654. The molecule has 2 aliphatic heterocycles. The van der Waals surface area contributed by atoms with Gasteiger partial charge >= 0.3 is 12.1 Å². The first-order valence-corrected chi connectivity index (χ1v) is 14.2. The van der Waals surface area contributed by atoms with Gasteiger partial charge in [0.25, 0.3) is 0 Å². The summed E-state index contributed by atoms with van der Waals surface area (Å²) in [4.78, 5) is 27.9. The van der Waals surface area contributed by atoms with Gasteiger partial charge < -0.3 is 18.9 Å². The number of benzene rings is 2. The third-order valence-electron chi connectivity index (χ3n) is 7.85. The van der Waals surface area contributed by atoms with Gasteiger partial charge in [0.2, 0.25) is 0 Å². The lowest BCUT2D eigenvalue weighted by atomic mass is 9.80. The lowest BCUT2D eigenvalue weighted by Gasteiger charge is -2.31. The second-order valence-corrected chi connectivity index (χ2v) is 11.7. The molecule has 1 atom stereocenters. The fourth-order valence-corrected chi connectivity index (χ4v) is 5.82. The maximum Gasteiger partial charge on any atom is 0.410 e. The number of halogens is 1. The van der Waals surface area contributed by atoms with Crippen LogP contribution in [-0.2, 0) is 38.5 Å². The van der Waals surface area contributed by atoms with Crippen molar-refractivity contribution in [3.05, 3.63) is 50.8 Å². The fraction of sp³-hybridized carbons (Fsp3) is 0.562. The van der Waals surface area contributed by atoms with Crippen molar-refractivity contribution < 1.29 is 32.9 Å². The van der Waals surface area contributed by atoms with Gasteiger partial charge in [-0.3, -0.25) is 4.90 Å². The van der Waals surface area contributed by atoms with E-state index >= 15 is 4.39 Å². The van der Waals surface area contributed by atoms with Gasteiger partial charge in [-0.1, -0.05) is 13.3 Å². The summed E-state index contributed by atoms with van der Waals surface area (Å²) in [6.07, 6.45) is 1.83. The average Bonchev–Trinajstić information content (AvgIpc) is 3.37. The molecule has 0 saturated carbocycles. The van der Waals surface area contributed by atoms with Crippen molar-refractivity contribution in [1.82, 2.24) is 4.90 Å². The van der Waals surface area contributed by atoms with Crippen LogP contribution in [0.15, 0.2) is 6.07 Å². The van der Waals surface area contributed by atoms with Crippen LogP contribution in [0.25, 0.3) is 11.1 Å². The van der Waals surface area contributed by atoms with Gasteiger partial charge in [0.15, 0.2) is 17.7 Å². The summed E-state index contributed by atoms with van der Waals surface area (Å²) in [6.45, 7) is 15.2. The number of hydrogen-bond acceptors (Lipinski definition) is 6. The highest BCUT2D eigenvalue weighted by Crippen LogP contribution is 2.47. The number of esters is 1. The van der Waals surface area contributed by atoms with Gasteiger partial charge in [-0.05, 0) is 106 Å². The van der Waals surface area contributed by atoms with Gasteiger partial charge in [-0.15, -0.1) is 0 Å². The average molecular weight is 556 g/mol. The van der Waals surface area contributed by atoms with Crippen LogP contribution >= 0.6 is 0 Å². The number of hydrogen-bond donors (Lipinski definition) is 0. The summed E-state index contributed by atoms with van der Waals surface area (Å²) in [5, 5.41) is 0. The molecule has 4 rings (SSSR count). The highest BCUT2D eigenvalue weighted by atomic mass is 19.1. The van der Waals surface area contributed by atoms with Crippen molar-refractivity contribution >= 4 is 12.1 Å². The van der Waals surface area contributed by atoms with Gasteiger partial charge in [0.1, 0.15) is 0 Å². The largest absolute Gasteiger partial charge is 0.490 e. The normalized spacial score (nSPS) is 15.3. The smallest absolute Gasteiger partial charge is 0.410 e. The molecule has 7 nitrogen and oxygen atoms in total. The van der Waals surface area contributed by atoms with E-state index in [1.54, 1.807) is 4.90 Å². The molecule has 0 aliphatic carbocycles. The summed E-state index contributed by atoms with van der Waals surface area (Å²) in [7, 11) is 1.34. The molecular weight excluding hydrogens is 513 g/mol. The predicted molar refractivity (Wildman–Crippen MR) is 151 cm³/mol. The van der Waals surface area contributed by atoms with E-state index in [0.29, 0.717) is 49.6 Å². The molecule has 0 unspecified atom stereocenters. The molecular formula is C32H42FNO6. The molecule has 2 aromatic carbocycles. The maximum atomic E-state index is 15.5. The minimum atomic E-state index is -1.05. The number of carbonyl (C=O) groups excluding carboxylic acids is 2. The molecule has 0 bridgehead atoms. The van der Waals surface area contributed by atoms with Crippen molar-refractivity contribution in [1.29, 1.82) is 0 Å². The Morgan fingerprint density at radius 2 is 1.75 bits per heavy atom. The van der Waals surface area contributed by atoms with E-state index in [0.717, 1.165) is 58.2 Å². The first kappa shape index (κ1) is 29.8. The van der Waals surface area contributed by atoms with E-state index in [-0.39, 0.29) is 6.09 Å². The summed E-state index contributed by atoms with van der Waals surface area (Å²) in [5.41, 5.74) is 6.79. The highest BCUT2D eigenvalue weighted by molar-refractivity contribution is 5.87. The molecule has 0 fully saturated rings. The molecule has 1 amide bonds. The molecule has 218 valence electrons. The van der Waals surface area contributed by atoms with Crippen LogP contribution in [0, 0.1) is 26.6 Å². The zero-order valence-corrected chi connectivity index (χ0v) is 25.1. The Kier molecular flexibility index (Phi) is 8.78. The standard InChI is InChI=1S/C32H42FNO6/c1-9-10-13-39-31(36)34-16-23-19(3)26(22-15-25(33)28-21(18(22)2)12-11-14-38-28)27(20(4)24(23)17-34)29(30(35)37-8)40-32(5,6)7/h15,29H,9-14,16-17H2,1-8H3/t29-/m0/s1. The van der Waals surface area contributed by atoms with Crippen LogP contribution in [0.5, 0.6) is 5.75 Å². The molecule has 0 aromatic heterocycles. The number of unbranched alkanes of at least 4 members (excludes halogenated alkanes) is 1. The second kappa shape index (κ2) is 11.8. The number of carbonyl (C=O) groups is 2. The Bertz CT molecular complexity index is 1310. The van der Waals surface area contributed by atoms with Crippen molar-refractivity contribution in [3.63, 3.8) is 0 Å². The Morgan fingerprint density at radius 1 is 1.07 bits per heavy atom. The van der Waals surface area contributed by atoms with Crippen molar-refractivity contribution in [2.45, 2.75) is 98.9 Å². The van der Waals surface area contributed by atoms with Crippen LogP contribution < -0.4 is 4.74 Å². The molecule has 0 spiro atoms. The lowest BCUT2D eigenvalue weighted by molar-refractivity contribution is -0.164. The third kappa shape index (κ3) is 5.69. The topological polar surface area (TPSA) is 74.3 Å². The van der Waals surface area contributed by atoms with Crippen LogP contribution in [0.1, 0.15) is 92.0 Å². The molecule has 8 heteroatoms. The van der Waals surface area contributed by atoms with Crippen LogP contribution in [-0.4, -0.2) is 42.9 Å². The number of methoxy groups -OCH3 is 1. The zero-order valence-electron chi connectivity index (χ0n) is 25.1. The molecule has 2 aromatic rings. The highest BCUT2D eigenvalue weighted by Gasteiger charge is 2.38. The van der Waals surface area contributed by atoms with E-state index in [1.165, 1.54) is 13.2 Å².